The van der Waals surface area contributed by atoms with Crippen molar-refractivity contribution in [3.05, 3.63) is 0 Å². The maximum Gasteiger partial charge on any atom is 0.118 e. The molecule has 1 aliphatic heterocycles. The van der Waals surface area contributed by atoms with Crippen molar-refractivity contribution in [2.75, 3.05) is 19.8 Å². The summed E-state index contributed by atoms with van der Waals surface area (Å²) in [5, 5.41) is 10.3. The molecule has 3 nitrogen and oxygen atoms in total. The molecule has 0 unspecified atom stereocenters. The Bertz CT molecular complexity index is 183. The van der Waals surface area contributed by atoms with Crippen LogP contribution >= 0.6 is 0 Å². The van der Waals surface area contributed by atoms with E-state index in [1.165, 1.54) is 19.3 Å². The highest BCUT2D eigenvalue weighted by atomic mass is 16.5. The van der Waals surface area contributed by atoms with Crippen LogP contribution in [-0.2, 0) is 4.74 Å². The fourth-order valence-corrected chi connectivity index (χ4v) is 2.69. The number of hydrogen-bond acceptors (Lipinski definition) is 3. The van der Waals surface area contributed by atoms with Crippen LogP contribution in [0.1, 0.15) is 32.1 Å². The molecule has 1 saturated carbocycles. The molecule has 0 aromatic heterocycles. The van der Waals surface area contributed by atoms with Gasteiger partial charge in [0.1, 0.15) is 5.60 Å². The topological polar surface area (TPSA) is 55.5 Å². The summed E-state index contributed by atoms with van der Waals surface area (Å²) in [7, 11) is 0. The summed E-state index contributed by atoms with van der Waals surface area (Å²) < 4.78 is 5.11. The van der Waals surface area contributed by atoms with Gasteiger partial charge in [0.25, 0.3) is 0 Å². The van der Waals surface area contributed by atoms with E-state index >= 15 is 0 Å². The summed E-state index contributed by atoms with van der Waals surface area (Å²) in [4.78, 5) is 0. The quantitative estimate of drug-likeness (QED) is 0.664. The molecule has 0 radical (unpaired) electrons. The number of aliphatic hydroxyl groups is 1. The van der Waals surface area contributed by atoms with Gasteiger partial charge in [-0.3, -0.25) is 0 Å². The van der Waals surface area contributed by atoms with E-state index in [1.807, 2.05) is 0 Å². The molecule has 0 bridgehead atoms. The fraction of sp³-hybridized carbons (Fsp3) is 1.00. The maximum atomic E-state index is 10.3. The Morgan fingerprint density at radius 3 is 2.15 bits per heavy atom. The van der Waals surface area contributed by atoms with Gasteiger partial charge in [-0.1, -0.05) is 19.3 Å². The molecular formula is C10H19NO2. The monoisotopic (exact) mass is 185 g/mol. The summed E-state index contributed by atoms with van der Waals surface area (Å²) in [6.45, 7) is 1.58. The molecule has 0 aromatic carbocycles. The lowest BCUT2D eigenvalue weighted by molar-refractivity contribution is -0.246. The molecule has 1 heterocycles. The Hall–Kier alpha value is -0.120. The average Bonchev–Trinajstić information content (AvgIpc) is 2.15. The average molecular weight is 185 g/mol. The van der Waals surface area contributed by atoms with Crippen LogP contribution in [0.15, 0.2) is 0 Å². The van der Waals surface area contributed by atoms with Crippen molar-refractivity contribution in [2.45, 2.75) is 37.7 Å². The third-order valence-corrected chi connectivity index (χ3v) is 3.87. The SMILES string of the molecule is NCC1(C2(O)COC2)CCCCC1. The van der Waals surface area contributed by atoms with E-state index in [9.17, 15) is 5.11 Å². The van der Waals surface area contributed by atoms with Crippen molar-refractivity contribution in [2.24, 2.45) is 11.1 Å². The van der Waals surface area contributed by atoms with Crippen molar-refractivity contribution in [1.29, 1.82) is 0 Å². The molecule has 2 rings (SSSR count). The Morgan fingerprint density at radius 2 is 1.77 bits per heavy atom. The molecule has 0 aromatic rings. The van der Waals surface area contributed by atoms with Crippen LogP contribution in [0.25, 0.3) is 0 Å². The Morgan fingerprint density at radius 1 is 1.15 bits per heavy atom. The smallest absolute Gasteiger partial charge is 0.118 e. The standard InChI is InChI=1S/C10H19NO2/c11-6-9(4-2-1-3-5-9)10(12)7-13-8-10/h12H,1-8,11H2. The second-order valence-electron chi connectivity index (χ2n) is 4.57. The molecule has 2 aliphatic rings. The first-order valence-corrected chi connectivity index (χ1v) is 5.23. The molecule has 3 N–H and O–H groups in total. The second-order valence-corrected chi connectivity index (χ2v) is 4.57. The van der Waals surface area contributed by atoms with Crippen molar-refractivity contribution in [3.8, 4) is 0 Å². The van der Waals surface area contributed by atoms with E-state index in [2.05, 4.69) is 0 Å². The van der Waals surface area contributed by atoms with Gasteiger partial charge < -0.3 is 15.6 Å². The molecule has 1 saturated heterocycles. The van der Waals surface area contributed by atoms with Crippen molar-refractivity contribution in [3.63, 3.8) is 0 Å². The zero-order valence-corrected chi connectivity index (χ0v) is 8.09. The van der Waals surface area contributed by atoms with E-state index < -0.39 is 5.60 Å². The maximum absolute atomic E-state index is 10.3. The van der Waals surface area contributed by atoms with Crippen molar-refractivity contribution in [1.82, 2.24) is 0 Å². The second kappa shape index (κ2) is 3.23. The third kappa shape index (κ3) is 1.30. The highest BCUT2D eigenvalue weighted by Gasteiger charge is 2.54. The number of rotatable bonds is 2. The highest BCUT2D eigenvalue weighted by molar-refractivity contribution is 5.04. The zero-order chi connectivity index (χ0) is 9.36. The summed E-state index contributed by atoms with van der Waals surface area (Å²) in [5.74, 6) is 0. The van der Waals surface area contributed by atoms with Gasteiger partial charge in [0.15, 0.2) is 0 Å². The minimum Gasteiger partial charge on any atom is -0.384 e. The first kappa shape index (κ1) is 9.44. The van der Waals surface area contributed by atoms with E-state index in [4.69, 9.17) is 10.5 Å². The van der Waals surface area contributed by atoms with Crippen LogP contribution in [0.4, 0.5) is 0 Å². The van der Waals surface area contributed by atoms with Gasteiger partial charge in [-0.2, -0.15) is 0 Å². The number of nitrogens with two attached hydrogens (primary N) is 1. The van der Waals surface area contributed by atoms with Crippen LogP contribution in [0.2, 0.25) is 0 Å². The molecule has 2 fully saturated rings. The van der Waals surface area contributed by atoms with Gasteiger partial charge in [0.05, 0.1) is 13.2 Å². The predicted molar refractivity (Wildman–Crippen MR) is 50.3 cm³/mol. The first-order valence-electron chi connectivity index (χ1n) is 5.23. The van der Waals surface area contributed by atoms with Gasteiger partial charge in [-0.25, -0.2) is 0 Å². The third-order valence-electron chi connectivity index (χ3n) is 3.87. The van der Waals surface area contributed by atoms with E-state index in [0.717, 1.165) is 12.8 Å². The Labute approximate surface area is 79.3 Å². The Balaban J connectivity index is 2.12. The Kier molecular flexibility index (Phi) is 2.34. The normalized spacial score (nSPS) is 30.9. The van der Waals surface area contributed by atoms with Crippen LogP contribution in [-0.4, -0.2) is 30.5 Å². The number of hydrogen-bond donors (Lipinski definition) is 2. The summed E-state index contributed by atoms with van der Waals surface area (Å²) in [6, 6.07) is 0. The van der Waals surface area contributed by atoms with Gasteiger partial charge in [0.2, 0.25) is 0 Å². The lowest BCUT2D eigenvalue weighted by Gasteiger charge is -2.53. The molecule has 0 amide bonds. The van der Waals surface area contributed by atoms with Gasteiger partial charge in [0, 0.05) is 12.0 Å². The molecule has 13 heavy (non-hydrogen) atoms. The van der Waals surface area contributed by atoms with Crippen molar-refractivity contribution >= 4 is 0 Å². The summed E-state index contributed by atoms with van der Waals surface area (Å²) in [5.41, 5.74) is 5.17. The predicted octanol–water partition coefficient (Wildman–Crippen LogP) is 0.657. The lowest BCUT2D eigenvalue weighted by Crippen LogP contribution is -2.64. The molecule has 3 heteroatoms. The van der Waals surface area contributed by atoms with Crippen LogP contribution < -0.4 is 5.73 Å². The molecule has 76 valence electrons. The van der Waals surface area contributed by atoms with Gasteiger partial charge >= 0.3 is 0 Å². The minimum absolute atomic E-state index is 0.0382. The summed E-state index contributed by atoms with van der Waals surface area (Å²) in [6.07, 6.45) is 5.85. The largest absolute Gasteiger partial charge is 0.384 e. The van der Waals surface area contributed by atoms with Crippen LogP contribution in [0.5, 0.6) is 0 Å². The van der Waals surface area contributed by atoms with Gasteiger partial charge in [-0.05, 0) is 12.8 Å². The highest BCUT2D eigenvalue weighted by Crippen LogP contribution is 2.47. The minimum atomic E-state index is -0.609. The molecule has 0 atom stereocenters. The van der Waals surface area contributed by atoms with E-state index in [-0.39, 0.29) is 5.41 Å². The fourth-order valence-electron chi connectivity index (χ4n) is 2.69. The zero-order valence-electron chi connectivity index (χ0n) is 8.09. The summed E-state index contributed by atoms with van der Waals surface area (Å²) >= 11 is 0. The lowest BCUT2D eigenvalue weighted by atomic mass is 9.62. The molecule has 1 aliphatic carbocycles. The van der Waals surface area contributed by atoms with Gasteiger partial charge in [-0.15, -0.1) is 0 Å². The van der Waals surface area contributed by atoms with Crippen LogP contribution in [0, 0.1) is 5.41 Å². The van der Waals surface area contributed by atoms with E-state index in [1.54, 1.807) is 0 Å². The molecular weight excluding hydrogens is 166 g/mol. The van der Waals surface area contributed by atoms with Crippen LogP contribution in [0.3, 0.4) is 0 Å². The number of ether oxygens (including phenoxy) is 1. The molecule has 0 spiro atoms. The van der Waals surface area contributed by atoms with Crippen molar-refractivity contribution < 1.29 is 9.84 Å². The van der Waals surface area contributed by atoms with E-state index in [0.29, 0.717) is 19.8 Å². The first-order chi connectivity index (χ1) is 6.22.